The summed E-state index contributed by atoms with van der Waals surface area (Å²) >= 11 is 0. The Kier molecular flexibility index (Phi) is 10.9. The molecule has 0 amide bonds. The number of carboxylic acid groups (broad SMARTS) is 2. The minimum Gasteiger partial charge on any atom is -0.481 e. The Labute approximate surface area is 300 Å². The minimum absolute atomic E-state index is 0.152. The van der Waals surface area contributed by atoms with Gasteiger partial charge in [-0.1, -0.05) is 112 Å². The summed E-state index contributed by atoms with van der Waals surface area (Å²) in [6.07, 6.45) is 3.04. The van der Waals surface area contributed by atoms with Crippen LogP contribution in [0.2, 0.25) is 0 Å². The van der Waals surface area contributed by atoms with E-state index in [4.69, 9.17) is 4.74 Å². The monoisotopic (exact) mass is 694 g/mol. The van der Waals surface area contributed by atoms with Gasteiger partial charge in [-0.25, -0.2) is 9.78 Å². The predicted molar refractivity (Wildman–Crippen MR) is 197 cm³/mol. The first-order valence-corrected chi connectivity index (χ1v) is 17.1. The Morgan fingerprint density at radius 3 is 1.78 bits per heavy atom. The number of carboxylic acids is 2. The Balaban J connectivity index is 2.03. The van der Waals surface area contributed by atoms with E-state index in [1.165, 1.54) is 10.8 Å². The van der Waals surface area contributed by atoms with E-state index in [-0.39, 0.29) is 17.5 Å². The normalized spacial score (nSPS) is 14.3. The van der Waals surface area contributed by atoms with Crippen LogP contribution in [0.4, 0.5) is 0 Å². The first kappa shape index (κ1) is 38.7. The van der Waals surface area contributed by atoms with Crippen LogP contribution in [0, 0.1) is 33.5 Å². The lowest BCUT2D eigenvalue weighted by Gasteiger charge is -2.57. The molecule has 270 valence electrons. The Morgan fingerprint density at radius 1 is 0.725 bits per heavy atom. The maximum atomic E-state index is 13.8. The van der Waals surface area contributed by atoms with Crippen molar-refractivity contribution in [3.8, 4) is 17.1 Å². The average molecular weight is 695 g/mol. The van der Waals surface area contributed by atoms with Crippen LogP contribution in [0.5, 0.6) is 5.75 Å². The van der Waals surface area contributed by atoms with E-state index in [0.29, 0.717) is 22.3 Å². The van der Waals surface area contributed by atoms with Gasteiger partial charge in [-0.3, -0.25) is 19.0 Å². The maximum Gasteiger partial charge on any atom is 0.343 e. The van der Waals surface area contributed by atoms with Crippen LogP contribution in [0.3, 0.4) is 0 Å². The molecule has 0 saturated heterocycles. The highest BCUT2D eigenvalue weighted by atomic mass is 16.5. The van der Waals surface area contributed by atoms with Crippen molar-refractivity contribution in [2.24, 2.45) is 33.5 Å². The average Bonchev–Trinajstić information content (AvgIpc) is 3.54. The standard InChI is InChI=1S/C42H50N2O7/c1-26(36(46)47)40(5,6)32(41(7,8)42(9,10)33(37(48)49)39(2,3)4)29-21-22-31(51-38(50)28-19-15-12-16-20-28)30(25-29)34-43-23-24-44(34)35(45)27-17-13-11-14-18-27/h11-26,32-33H,1-10H3,(H,46,47)(H,48,49). The van der Waals surface area contributed by atoms with Crippen molar-refractivity contribution in [2.75, 3.05) is 0 Å². The highest BCUT2D eigenvalue weighted by Gasteiger charge is 2.58. The topological polar surface area (TPSA) is 136 Å². The quantitative estimate of drug-likeness (QED) is 0.111. The van der Waals surface area contributed by atoms with Gasteiger partial charge in [0.25, 0.3) is 5.91 Å². The Bertz CT molecular complexity index is 1900. The molecule has 3 atom stereocenters. The molecule has 0 aliphatic carbocycles. The molecule has 2 N–H and O–H groups in total. The molecule has 0 spiro atoms. The van der Waals surface area contributed by atoms with Gasteiger partial charge in [0.1, 0.15) is 5.75 Å². The molecule has 1 heterocycles. The number of hydrogen-bond acceptors (Lipinski definition) is 6. The molecule has 0 bridgehead atoms. The molecule has 3 aromatic carbocycles. The molecule has 51 heavy (non-hydrogen) atoms. The van der Waals surface area contributed by atoms with E-state index in [2.05, 4.69) is 4.98 Å². The van der Waals surface area contributed by atoms with E-state index < -0.39 is 57.3 Å². The summed E-state index contributed by atoms with van der Waals surface area (Å²) in [6, 6.07) is 22.5. The summed E-state index contributed by atoms with van der Waals surface area (Å²) in [7, 11) is 0. The fourth-order valence-electron chi connectivity index (χ4n) is 7.96. The molecule has 0 saturated carbocycles. The summed E-state index contributed by atoms with van der Waals surface area (Å²) in [4.78, 5) is 57.5. The number of ether oxygens (including phenoxy) is 1. The number of nitrogens with zero attached hydrogens (tertiary/aromatic N) is 2. The summed E-state index contributed by atoms with van der Waals surface area (Å²) in [5, 5.41) is 21.0. The van der Waals surface area contributed by atoms with Gasteiger partial charge in [-0.05, 0) is 69.5 Å². The zero-order valence-electron chi connectivity index (χ0n) is 31.2. The zero-order chi connectivity index (χ0) is 38.1. The van der Waals surface area contributed by atoms with Crippen LogP contribution in [0.25, 0.3) is 11.4 Å². The summed E-state index contributed by atoms with van der Waals surface area (Å²) in [5.74, 6) is -4.73. The smallest absolute Gasteiger partial charge is 0.343 e. The van der Waals surface area contributed by atoms with E-state index >= 15 is 0 Å². The van der Waals surface area contributed by atoms with Gasteiger partial charge in [0.05, 0.1) is 23.0 Å². The van der Waals surface area contributed by atoms with Crippen molar-refractivity contribution in [2.45, 2.75) is 75.2 Å². The van der Waals surface area contributed by atoms with Gasteiger partial charge < -0.3 is 14.9 Å². The molecular formula is C42H50N2O7. The second-order valence-corrected chi connectivity index (χ2v) is 16.2. The number of rotatable bonds is 12. The summed E-state index contributed by atoms with van der Waals surface area (Å²) < 4.78 is 7.39. The number of aliphatic carboxylic acids is 2. The van der Waals surface area contributed by atoms with Crippen molar-refractivity contribution >= 4 is 23.8 Å². The lowest BCUT2D eigenvalue weighted by molar-refractivity contribution is -0.163. The van der Waals surface area contributed by atoms with Crippen LogP contribution >= 0.6 is 0 Å². The molecule has 9 heteroatoms. The van der Waals surface area contributed by atoms with Gasteiger partial charge in [0.2, 0.25) is 0 Å². The van der Waals surface area contributed by atoms with E-state index in [9.17, 15) is 29.4 Å². The highest BCUT2D eigenvalue weighted by Crippen LogP contribution is 2.62. The first-order valence-electron chi connectivity index (χ1n) is 17.1. The van der Waals surface area contributed by atoms with E-state index in [0.717, 1.165) is 0 Å². The number of aromatic nitrogens is 2. The van der Waals surface area contributed by atoms with Crippen molar-refractivity contribution in [3.63, 3.8) is 0 Å². The van der Waals surface area contributed by atoms with Gasteiger partial charge >= 0.3 is 17.9 Å². The number of carbonyl (C=O) groups excluding carboxylic acids is 2. The second kappa shape index (κ2) is 14.3. The number of benzene rings is 3. The van der Waals surface area contributed by atoms with Crippen molar-refractivity contribution in [3.05, 3.63) is 108 Å². The van der Waals surface area contributed by atoms with Gasteiger partial charge in [0, 0.05) is 18.0 Å². The van der Waals surface area contributed by atoms with E-state index in [1.54, 1.807) is 85.9 Å². The molecule has 0 aliphatic rings. The van der Waals surface area contributed by atoms with Gasteiger partial charge in [0.15, 0.2) is 5.82 Å². The van der Waals surface area contributed by atoms with Crippen LogP contribution in [-0.2, 0) is 9.59 Å². The van der Waals surface area contributed by atoms with Gasteiger partial charge in [-0.15, -0.1) is 0 Å². The Hall–Kier alpha value is -5.05. The Morgan fingerprint density at radius 2 is 1.27 bits per heavy atom. The summed E-state index contributed by atoms with van der Waals surface area (Å²) in [6.45, 7) is 19.0. The van der Waals surface area contributed by atoms with Crippen LogP contribution < -0.4 is 4.74 Å². The number of hydrogen-bond donors (Lipinski definition) is 2. The van der Waals surface area contributed by atoms with E-state index in [1.807, 2.05) is 68.4 Å². The second-order valence-electron chi connectivity index (χ2n) is 16.2. The zero-order valence-corrected chi connectivity index (χ0v) is 31.2. The lowest BCUT2D eigenvalue weighted by atomic mass is 9.46. The van der Waals surface area contributed by atoms with Crippen molar-refractivity contribution in [1.29, 1.82) is 0 Å². The van der Waals surface area contributed by atoms with Crippen molar-refractivity contribution < 1.29 is 34.1 Å². The van der Waals surface area contributed by atoms with Crippen molar-refractivity contribution in [1.82, 2.24) is 9.55 Å². The molecule has 9 nitrogen and oxygen atoms in total. The molecule has 1 aromatic heterocycles. The molecule has 0 fully saturated rings. The highest BCUT2D eigenvalue weighted by molar-refractivity contribution is 5.98. The predicted octanol–water partition coefficient (Wildman–Crippen LogP) is 9.09. The van der Waals surface area contributed by atoms with Gasteiger partial charge in [-0.2, -0.15) is 0 Å². The molecule has 4 rings (SSSR count). The molecular weight excluding hydrogens is 644 g/mol. The largest absolute Gasteiger partial charge is 0.481 e. The lowest BCUT2D eigenvalue weighted by Crippen LogP contribution is -2.54. The molecule has 3 unspecified atom stereocenters. The third-order valence-corrected chi connectivity index (χ3v) is 11.1. The number of esters is 1. The SMILES string of the molecule is CC(C(=O)O)C(C)(C)C(c1ccc(OC(=O)c2ccccc2)c(-c2nccn2C(=O)c2ccccc2)c1)C(C)(C)C(C)(C)C(C(=O)O)C(C)(C)C. The third-order valence-electron chi connectivity index (χ3n) is 11.1. The number of imidazole rings is 1. The summed E-state index contributed by atoms with van der Waals surface area (Å²) in [5.41, 5.74) is -1.55. The van der Waals surface area contributed by atoms with Crippen LogP contribution in [-0.4, -0.2) is 43.6 Å². The minimum atomic E-state index is -0.984. The van der Waals surface area contributed by atoms with Crippen LogP contribution in [0.1, 0.15) is 101 Å². The number of carbonyl (C=O) groups is 4. The first-order chi connectivity index (χ1) is 23.6. The fourth-order valence-corrected chi connectivity index (χ4v) is 7.96. The molecule has 0 radical (unpaired) electrons. The molecule has 0 aliphatic heterocycles. The fraction of sp³-hybridized carbons (Fsp3) is 0.405. The molecule has 4 aromatic rings. The third kappa shape index (κ3) is 7.53. The maximum absolute atomic E-state index is 13.8. The van der Waals surface area contributed by atoms with Crippen LogP contribution in [0.15, 0.2) is 91.3 Å².